The highest BCUT2D eigenvalue weighted by Gasteiger charge is 2.18. The van der Waals surface area contributed by atoms with E-state index >= 15 is 0 Å². The summed E-state index contributed by atoms with van der Waals surface area (Å²) in [6, 6.07) is 18.2. The topological polar surface area (TPSA) is 109 Å². The molecule has 2 heterocycles. The molecule has 0 saturated heterocycles. The van der Waals surface area contributed by atoms with E-state index < -0.39 is 10.0 Å². The Hall–Kier alpha value is -3.92. The molecule has 0 saturated carbocycles. The molecule has 0 bridgehead atoms. The zero-order valence-electron chi connectivity index (χ0n) is 17.8. The van der Waals surface area contributed by atoms with Crippen molar-refractivity contribution in [3.8, 4) is 11.3 Å². The molecule has 0 atom stereocenters. The zero-order chi connectivity index (χ0) is 22.9. The maximum atomic E-state index is 12.1. The normalized spacial score (nSPS) is 11.3. The van der Waals surface area contributed by atoms with Gasteiger partial charge in [-0.25, -0.2) is 17.9 Å². The number of hydrogen-bond acceptors (Lipinski definition) is 6. The van der Waals surface area contributed by atoms with E-state index in [0.717, 1.165) is 16.8 Å². The number of hydrogen-bond donors (Lipinski definition) is 2. The number of amides is 1. The molecule has 2 aromatic carbocycles. The average molecular weight is 451 g/mol. The van der Waals surface area contributed by atoms with Crippen molar-refractivity contribution in [2.75, 3.05) is 28.2 Å². The fourth-order valence-electron chi connectivity index (χ4n) is 3.31. The minimum Gasteiger partial charge on any atom is -0.326 e. The summed E-state index contributed by atoms with van der Waals surface area (Å²) in [6.07, 6.45) is 2.85. The number of carbonyl (C=O) groups excluding carboxylic acids is 1. The maximum Gasteiger partial charge on any atom is 0.245 e. The van der Waals surface area contributed by atoms with Crippen LogP contribution in [-0.2, 0) is 14.8 Å². The molecular formula is C22H22N6O3S. The molecule has 2 N–H and O–H groups in total. The van der Waals surface area contributed by atoms with Crippen molar-refractivity contribution in [2.24, 2.45) is 0 Å². The third-order valence-electron chi connectivity index (χ3n) is 4.85. The molecule has 0 aliphatic rings. The molecule has 0 unspecified atom stereocenters. The first-order chi connectivity index (χ1) is 15.2. The molecule has 10 heteroatoms. The van der Waals surface area contributed by atoms with Crippen LogP contribution in [0.15, 0.2) is 66.9 Å². The maximum absolute atomic E-state index is 12.1. The Morgan fingerprint density at radius 1 is 1.03 bits per heavy atom. The van der Waals surface area contributed by atoms with Gasteiger partial charge in [-0.2, -0.15) is 0 Å². The molecule has 0 fully saturated rings. The van der Waals surface area contributed by atoms with Crippen LogP contribution >= 0.6 is 0 Å². The lowest BCUT2D eigenvalue weighted by atomic mass is 10.1. The van der Waals surface area contributed by atoms with Crippen LogP contribution in [-0.4, -0.2) is 42.2 Å². The number of nitrogens with one attached hydrogen (secondary N) is 2. The Morgan fingerprint density at radius 3 is 2.53 bits per heavy atom. The van der Waals surface area contributed by atoms with Gasteiger partial charge in [0, 0.05) is 30.9 Å². The molecule has 2 aromatic heterocycles. The molecule has 0 spiro atoms. The van der Waals surface area contributed by atoms with E-state index in [-0.39, 0.29) is 5.91 Å². The van der Waals surface area contributed by atoms with Gasteiger partial charge in [0.2, 0.25) is 21.9 Å². The standard InChI is InChI=1S/C22H22N6O3S/c1-15(29)24-16-7-6-8-17(13-16)25-22-23-14-18-11-12-21(28(18)26-22)19-9-4-5-10-20(19)27(2)32(3,30)31/h4-14H,1-3H3,(H,24,29)(H,25,26). The Morgan fingerprint density at radius 2 is 1.78 bits per heavy atom. The summed E-state index contributed by atoms with van der Waals surface area (Å²) >= 11 is 0. The van der Waals surface area contributed by atoms with E-state index in [9.17, 15) is 13.2 Å². The summed E-state index contributed by atoms with van der Waals surface area (Å²) in [7, 11) is -1.91. The van der Waals surface area contributed by atoms with Gasteiger partial charge in [-0.3, -0.25) is 9.10 Å². The molecular weight excluding hydrogens is 428 g/mol. The van der Waals surface area contributed by atoms with E-state index in [1.54, 1.807) is 35.0 Å². The first-order valence-corrected chi connectivity index (χ1v) is 11.6. The molecule has 0 aliphatic carbocycles. The van der Waals surface area contributed by atoms with E-state index in [0.29, 0.717) is 23.0 Å². The van der Waals surface area contributed by atoms with Crippen LogP contribution < -0.4 is 14.9 Å². The van der Waals surface area contributed by atoms with Crippen LogP contribution in [0, 0.1) is 0 Å². The number of anilines is 4. The summed E-state index contributed by atoms with van der Waals surface area (Å²) in [5.41, 5.74) is 4.12. The minimum absolute atomic E-state index is 0.158. The van der Waals surface area contributed by atoms with Gasteiger partial charge >= 0.3 is 0 Å². The van der Waals surface area contributed by atoms with E-state index in [1.807, 2.05) is 36.4 Å². The molecule has 9 nitrogen and oxygen atoms in total. The fraction of sp³-hybridized carbons (Fsp3) is 0.136. The summed E-state index contributed by atoms with van der Waals surface area (Å²) in [6.45, 7) is 1.45. The SMILES string of the molecule is CC(=O)Nc1cccc(Nc2ncc3ccc(-c4ccccc4N(C)S(C)(=O)=O)n3n2)c1. The lowest BCUT2D eigenvalue weighted by molar-refractivity contribution is -0.114. The molecule has 1 amide bonds. The van der Waals surface area contributed by atoms with Crippen LogP contribution in [0.1, 0.15) is 6.92 Å². The highest BCUT2D eigenvalue weighted by Crippen LogP contribution is 2.32. The van der Waals surface area contributed by atoms with Gasteiger partial charge in [0.25, 0.3) is 0 Å². The first-order valence-electron chi connectivity index (χ1n) is 9.75. The van der Waals surface area contributed by atoms with Gasteiger partial charge in [-0.1, -0.05) is 24.3 Å². The van der Waals surface area contributed by atoms with Crippen molar-refractivity contribution >= 4 is 44.5 Å². The van der Waals surface area contributed by atoms with Crippen LogP contribution in [0.25, 0.3) is 16.8 Å². The average Bonchev–Trinajstić information content (AvgIpc) is 3.15. The first kappa shape index (κ1) is 21.3. The van der Waals surface area contributed by atoms with Crippen molar-refractivity contribution in [2.45, 2.75) is 6.92 Å². The predicted molar refractivity (Wildman–Crippen MR) is 126 cm³/mol. The number of nitrogens with zero attached hydrogens (tertiary/aromatic N) is 4. The molecule has 4 rings (SSSR count). The smallest absolute Gasteiger partial charge is 0.245 e. The molecule has 4 aromatic rings. The monoisotopic (exact) mass is 450 g/mol. The Bertz CT molecular complexity index is 1410. The van der Waals surface area contributed by atoms with Crippen LogP contribution in [0.4, 0.5) is 23.0 Å². The number of benzene rings is 2. The minimum atomic E-state index is -3.44. The Kier molecular flexibility index (Phi) is 5.54. The molecule has 32 heavy (non-hydrogen) atoms. The lowest BCUT2D eigenvalue weighted by Crippen LogP contribution is -2.25. The number of para-hydroxylation sites is 1. The molecule has 164 valence electrons. The largest absolute Gasteiger partial charge is 0.326 e. The van der Waals surface area contributed by atoms with Gasteiger partial charge in [-0.15, -0.1) is 5.10 Å². The summed E-state index contributed by atoms with van der Waals surface area (Å²) in [4.78, 5) is 15.7. The third kappa shape index (κ3) is 4.40. The predicted octanol–water partition coefficient (Wildman–Crippen LogP) is 3.49. The Balaban J connectivity index is 1.73. The second kappa shape index (κ2) is 8.31. The van der Waals surface area contributed by atoms with E-state index in [2.05, 4.69) is 20.7 Å². The van der Waals surface area contributed by atoms with E-state index in [1.165, 1.54) is 24.5 Å². The van der Waals surface area contributed by atoms with Crippen molar-refractivity contribution in [3.63, 3.8) is 0 Å². The highest BCUT2D eigenvalue weighted by molar-refractivity contribution is 7.92. The van der Waals surface area contributed by atoms with Crippen LogP contribution in [0.3, 0.4) is 0 Å². The van der Waals surface area contributed by atoms with Gasteiger partial charge in [0.1, 0.15) is 0 Å². The quantitative estimate of drug-likeness (QED) is 0.465. The summed E-state index contributed by atoms with van der Waals surface area (Å²) in [5.74, 6) is 0.193. The van der Waals surface area contributed by atoms with Crippen molar-refractivity contribution in [1.29, 1.82) is 0 Å². The van der Waals surface area contributed by atoms with Crippen molar-refractivity contribution < 1.29 is 13.2 Å². The second-order valence-electron chi connectivity index (χ2n) is 7.27. The lowest BCUT2D eigenvalue weighted by Gasteiger charge is -2.20. The number of fused-ring (bicyclic) bond motifs is 1. The third-order valence-corrected chi connectivity index (χ3v) is 6.05. The number of carbonyl (C=O) groups is 1. The highest BCUT2D eigenvalue weighted by atomic mass is 32.2. The fourth-order valence-corrected chi connectivity index (χ4v) is 3.83. The van der Waals surface area contributed by atoms with Crippen molar-refractivity contribution in [3.05, 3.63) is 66.9 Å². The van der Waals surface area contributed by atoms with E-state index in [4.69, 9.17) is 0 Å². The summed E-state index contributed by atoms with van der Waals surface area (Å²) in [5, 5.41) is 10.5. The van der Waals surface area contributed by atoms with Crippen LogP contribution in [0.5, 0.6) is 0 Å². The van der Waals surface area contributed by atoms with Gasteiger partial charge in [-0.05, 0) is 36.4 Å². The van der Waals surface area contributed by atoms with Gasteiger partial charge < -0.3 is 10.6 Å². The second-order valence-corrected chi connectivity index (χ2v) is 9.29. The number of sulfonamides is 1. The number of rotatable bonds is 6. The zero-order valence-corrected chi connectivity index (χ0v) is 18.6. The van der Waals surface area contributed by atoms with Crippen molar-refractivity contribution in [1.82, 2.24) is 14.6 Å². The Labute approximate surface area is 185 Å². The van der Waals surface area contributed by atoms with Crippen LogP contribution in [0.2, 0.25) is 0 Å². The molecule has 0 radical (unpaired) electrons. The molecule has 0 aliphatic heterocycles. The number of aromatic nitrogens is 3. The van der Waals surface area contributed by atoms with Gasteiger partial charge in [0.15, 0.2) is 0 Å². The summed E-state index contributed by atoms with van der Waals surface area (Å²) < 4.78 is 27.2. The van der Waals surface area contributed by atoms with Gasteiger partial charge in [0.05, 0.1) is 29.4 Å².